The summed E-state index contributed by atoms with van der Waals surface area (Å²) in [5.41, 5.74) is 2.62. The van der Waals surface area contributed by atoms with Crippen LogP contribution in [0.2, 0.25) is 0 Å². The van der Waals surface area contributed by atoms with Crippen molar-refractivity contribution in [3.63, 3.8) is 0 Å². The number of allylic oxidation sites excluding steroid dienone is 8. The normalized spacial score (nSPS) is 16.2. The van der Waals surface area contributed by atoms with E-state index in [1.54, 1.807) is 59.6 Å². The van der Waals surface area contributed by atoms with Crippen molar-refractivity contribution in [1.29, 1.82) is 0 Å². The maximum absolute atomic E-state index is 12.7. The third-order valence-corrected chi connectivity index (χ3v) is 10.6. The summed E-state index contributed by atoms with van der Waals surface area (Å²) in [5.74, 6) is -5.41. The summed E-state index contributed by atoms with van der Waals surface area (Å²) >= 11 is 0.711. The number of nitrogens with zero attached hydrogens (tertiary/aromatic N) is 2. The van der Waals surface area contributed by atoms with Crippen LogP contribution in [0.5, 0.6) is 0 Å². The number of carboxylic acids is 3. The van der Waals surface area contributed by atoms with E-state index in [-0.39, 0.29) is 236 Å². The van der Waals surface area contributed by atoms with Gasteiger partial charge < -0.3 is 49.7 Å². The molecule has 1 amide bonds. The molecule has 59 heavy (non-hydrogen) atoms. The zero-order valence-corrected chi connectivity index (χ0v) is 48.3. The molecule has 2 aliphatic heterocycles. The number of fused-ring (bicyclic) bond motifs is 2. The van der Waals surface area contributed by atoms with Gasteiger partial charge in [0.2, 0.25) is 11.6 Å². The number of hydrogen-bond acceptors (Lipinski definition) is 15. The molecular formula is C37H37K4N3O13S2. The van der Waals surface area contributed by atoms with Gasteiger partial charge in [-0.25, -0.2) is 8.42 Å². The van der Waals surface area contributed by atoms with E-state index in [1.165, 1.54) is 18.2 Å². The molecule has 0 fully saturated rings. The molecule has 0 aromatic heterocycles. The van der Waals surface area contributed by atoms with E-state index in [1.807, 2.05) is 38.3 Å². The molecule has 0 bridgehead atoms. The minimum absolute atomic E-state index is 0. The summed E-state index contributed by atoms with van der Waals surface area (Å²) in [6, 6.07) is 7.46. The molecule has 1 N–H and O–H groups in total. The largest absolute Gasteiger partial charge is 1.00 e. The van der Waals surface area contributed by atoms with Crippen LogP contribution in [0.25, 0.3) is 0 Å². The zero-order valence-electron chi connectivity index (χ0n) is 34.1. The van der Waals surface area contributed by atoms with Crippen LogP contribution >= 0.6 is 12.0 Å². The van der Waals surface area contributed by atoms with Crippen molar-refractivity contribution in [3.05, 3.63) is 95.8 Å². The SMILES string of the molecule is CC1(C)C(/C=C/C=C/C=C/C=C2/N(CCC(=O)[O-])c3ccc(S(=O)(=O)[O-])cc3C2(C)C)=[N+](CCC(=O)N[C@@H](CC(=O)[O-])C(=O)[O-])c2ccc(SOO[O-])cc21.[K+].[K+].[K+].[K+]. The van der Waals surface area contributed by atoms with Gasteiger partial charge >= 0.3 is 206 Å². The number of rotatable bonds is 18. The van der Waals surface area contributed by atoms with Crippen LogP contribution in [0.4, 0.5) is 11.4 Å². The average molecular weight is 952 g/mol. The molecular weight excluding hydrogens is 915 g/mol. The van der Waals surface area contributed by atoms with Crippen molar-refractivity contribution < 1.29 is 272 Å². The van der Waals surface area contributed by atoms with Gasteiger partial charge in [-0.15, -0.1) is 0 Å². The number of nitrogens with one attached hydrogen (secondary N) is 1. The monoisotopic (exact) mass is 951 g/mol. The topological polar surface area (TPSA) is 254 Å². The Labute approximate surface area is 517 Å². The van der Waals surface area contributed by atoms with Gasteiger partial charge in [0.15, 0.2) is 12.3 Å². The van der Waals surface area contributed by atoms with Crippen molar-refractivity contribution in [3.8, 4) is 0 Å². The molecule has 0 unspecified atom stereocenters. The molecule has 0 saturated carbocycles. The Hall–Kier alpha value is 1.44. The third-order valence-electron chi connectivity index (χ3n) is 9.22. The molecule has 0 radical (unpaired) electrons. The van der Waals surface area contributed by atoms with E-state index in [2.05, 4.69) is 14.7 Å². The molecule has 0 spiro atoms. The van der Waals surface area contributed by atoms with E-state index in [4.69, 9.17) is 0 Å². The number of hydrogen-bond donors (Lipinski definition) is 1. The first kappa shape index (κ1) is 60.4. The fourth-order valence-electron chi connectivity index (χ4n) is 6.58. The van der Waals surface area contributed by atoms with E-state index >= 15 is 0 Å². The predicted octanol–water partition coefficient (Wildman–Crippen LogP) is -12.5. The van der Waals surface area contributed by atoms with Gasteiger partial charge in [0.1, 0.15) is 10.1 Å². The Morgan fingerprint density at radius 3 is 2.10 bits per heavy atom. The van der Waals surface area contributed by atoms with Crippen LogP contribution in [0.3, 0.4) is 0 Å². The second-order valence-electron chi connectivity index (χ2n) is 13.5. The molecule has 2 aromatic rings. The Morgan fingerprint density at radius 1 is 0.864 bits per heavy atom. The number of carbonyl (C=O) groups excluding carboxylic acids is 4. The Balaban J connectivity index is 0.00000841. The van der Waals surface area contributed by atoms with Crippen LogP contribution in [0.1, 0.15) is 58.1 Å². The quantitative estimate of drug-likeness (QED) is 0.0277. The van der Waals surface area contributed by atoms with Crippen molar-refractivity contribution in [2.24, 2.45) is 0 Å². The fraction of sp³-hybridized carbons (Fsp3) is 0.324. The Morgan fingerprint density at radius 2 is 1.51 bits per heavy atom. The van der Waals surface area contributed by atoms with Crippen LogP contribution in [0.15, 0.2) is 94.4 Å². The first-order valence-electron chi connectivity index (χ1n) is 16.7. The first-order valence-corrected chi connectivity index (χ1v) is 18.9. The second-order valence-corrected chi connectivity index (χ2v) is 15.7. The Bertz CT molecular complexity index is 2140. The first-order chi connectivity index (χ1) is 25.8. The molecule has 0 aliphatic carbocycles. The predicted molar refractivity (Wildman–Crippen MR) is 188 cm³/mol. The molecule has 22 heteroatoms. The summed E-state index contributed by atoms with van der Waals surface area (Å²) < 4.78 is 41.5. The van der Waals surface area contributed by atoms with Crippen molar-refractivity contribution in [2.75, 3.05) is 18.0 Å². The molecule has 16 nitrogen and oxygen atoms in total. The van der Waals surface area contributed by atoms with Gasteiger partial charge in [-0.3, -0.25) is 9.83 Å². The third kappa shape index (κ3) is 16.4. The summed E-state index contributed by atoms with van der Waals surface area (Å²) in [6.45, 7) is 7.67. The van der Waals surface area contributed by atoms with Gasteiger partial charge in [-0.2, -0.15) is 8.91 Å². The van der Waals surface area contributed by atoms with Gasteiger partial charge in [0.05, 0.1) is 40.8 Å². The minimum atomic E-state index is -4.73. The second kappa shape index (κ2) is 27.2. The zero-order chi connectivity index (χ0) is 40.7. The molecule has 4 rings (SSSR count). The van der Waals surface area contributed by atoms with Crippen LogP contribution in [-0.4, -0.2) is 66.2 Å². The molecule has 0 saturated heterocycles. The van der Waals surface area contributed by atoms with Gasteiger partial charge in [-0.05, 0) is 55.8 Å². The number of anilines is 1. The van der Waals surface area contributed by atoms with Crippen LogP contribution < -0.4 is 236 Å². The number of amides is 1. The molecule has 2 heterocycles. The summed E-state index contributed by atoms with van der Waals surface area (Å²) in [6.07, 6.45) is 10.8. The maximum atomic E-state index is 12.7. The van der Waals surface area contributed by atoms with E-state index in [0.717, 1.165) is 17.0 Å². The summed E-state index contributed by atoms with van der Waals surface area (Å²) in [5, 5.41) is 49.7. The van der Waals surface area contributed by atoms with Gasteiger partial charge in [0.25, 0.3) is 0 Å². The maximum Gasteiger partial charge on any atom is 1.00 e. The minimum Gasteiger partial charge on any atom is -0.744 e. The van der Waals surface area contributed by atoms with Crippen LogP contribution in [-0.2, 0) is 49.5 Å². The fourth-order valence-corrected chi connectivity index (χ4v) is 7.47. The molecule has 294 valence electrons. The average Bonchev–Trinajstić information content (AvgIpc) is 3.44. The number of benzene rings is 2. The van der Waals surface area contributed by atoms with E-state index < -0.39 is 57.2 Å². The number of aliphatic carboxylic acids is 3. The number of carbonyl (C=O) groups is 4. The van der Waals surface area contributed by atoms with Gasteiger partial charge in [0, 0.05) is 70.7 Å². The standard InChI is InChI=1S/C37H41N3O13S2.4K/c1-36(2)25-20-23(54-53-52-48)12-14-28(25)39(18-16-32(41)38-27(35(46)47)22-34(44)45)30(36)10-8-6-5-7-9-11-31-37(3,4)26-21-24(55(49,50)51)13-15-29(26)40(31)19-17-33(42)43;;;;/h5-15,20-21,27H,16-19,22H2,1-4H3,(H5-,38,41,42,43,44,45,46,47,48,49,50,51);;;;/q;4*+1/p-4/t27-;;;;/m0..../s1. The number of carboxylic acid groups (broad SMARTS) is 3. The van der Waals surface area contributed by atoms with Gasteiger partial charge in [-0.1, -0.05) is 44.2 Å². The molecule has 2 aliphatic rings. The van der Waals surface area contributed by atoms with Crippen molar-refractivity contribution in [1.82, 2.24) is 5.32 Å². The summed E-state index contributed by atoms with van der Waals surface area (Å²) in [7, 11) is -4.73. The smallest absolute Gasteiger partial charge is 0.744 e. The van der Waals surface area contributed by atoms with Crippen LogP contribution in [0, 0.1) is 0 Å². The Kier molecular flexibility index (Phi) is 27.8. The van der Waals surface area contributed by atoms with Crippen molar-refractivity contribution >= 4 is 63.1 Å². The van der Waals surface area contributed by atoms with E-state index in [0.29, 0.717) is 33.9 Å². The van der Waals surface area contributed by atoms with Crippen molar-refractivity contribution in [2.45, 2.75) is 73.6 Å². The molecule has 1 atom stereocenters. The van der Waals surface area contributed by atoms with E-state index in [9.17, 15) is 52.7 Å². The summed E-state index contributed by atoms with van der Waals surface area (Å²) in [4.78, 5) is 48.3. The molecule has 2 aromatic carbocycles.